The highest BCUT2D eigenvalue weighted by Crippen LogP contribution is 2.19. The highest BCUT2D eigenvalue weighted by Gasteiger charge is 2.29. The minimum atomic E-state index is -0.221. The summed E-state index contributed by atoms with van der Waals surface area (Å²) < 4.78 is 15.5. The maximum absolute atomic E-state index is 11.4. The molecule has 2 aliphatic rings. The molecule has 0 aromatic carbocycles. The van der Waals surface area contributed by atoms with Gasteiger partial charge in [0.1, 0.15) is 0 Å². The third-order valence-electron chi connectivity index (χ3n) is 4.78. The predicted molar refractivity (Wildman–Crippen MR) is 92.7 cm³/mol. The molecule has 2 rings (SSSR count). The summed E-state index contributed by atoms with van der Waals surface area (Å²) in [6, 6.07) is 0. The molecule has 138 valence electrons. The number of amides is 1. The molecular weight excluding hydrogens is 296 g/mol. The molecule has 2 heterocycles. The number of ether oxygens (including phenoxy) is 3. The minimum Gasteiger partial charge on any atom is -0.450 e. The van der Waals surface area contributed by atoms with Crippen molar-refractivity contribution >= 4 is 6.09 Å². The van der Waals surface area contributed by atoms with Crippen LogP contribution >= 0.6 is 0 Å². The van der Waals surface area contributed by atoms with Gasteiger partial charge in [-0.15, -0.1) is 0 Å². The first-order chi connectivity index (χ1) is 11.0. The molecule has 1 N–H and O–H groups in total. The number of carbonyl (C=O) groups excluding carboxylic acids is 1. The monoisotopic (exact) mass is 333 g/mol. The third kappa shape index (κ3) is 6.65. The largest absolute Gasteiger partial charge is 0.450 e. The van der Waals surface area contributed by atoms with Gasteiger partial charge in [0.25, 0.3) is 0 Å². The Kier molecular flexibility index (Phi) is 9.52. The van der Waals surface area contributed by atoms with Crippen LogP contribution in [-0.4, -0.2) is 70.2 Å². The molecule has 2 saturated heterocycles. The first-order valence-corrected chi connectivity index (χ1v) is 8.71. The lowest BCUT2D eigenvalue weighted by molar-refractivity contribution is -0.00555. The van der Waals surface area contributed by atoms with Gasteiger partial charge in [0.15, 0.2) is 0 Å². The lowest BCUT2D eigenvalue weighted by Gasteiger charge is -2.35. The van der Waals surface area contributed by atoms with E-state index in [4.69, 9.17) is 14.2 Å². The topological polar surface area (TPSA) is 60.0 Å². The fourth-order valence-corrected chi connectivity index (χ4v) is 3.00. The van der Waals surface area contributed by atoms with E-state index in [9.17, 15) is 4.79 Å². The molecule has 6 nitrogen and oxygen atoms in total. The van der Waals surface area contributed by atoms with Crippen LogP contribution in [0.2, 0.25) is 0 Å². The molecule has 1 amide bonds. The Morgan fingerprint density at radius 3 is 2.35 bits per heavy atom. The van der Waals surface area contributed by atoms with Gasteiger partial charge in [-0.05, 0) is 38.1 Å². The quantitative estimate of drug-likeness (QED) is 0.859. The lowest BCUT2D eigenvalue weighted by atomic mass is 9.96. The molecule has 0 aliphatic carbocycles. The van der Waals surface area contributed by atoms with Gasteiger partial charge in [0.05, 0.1) is 25.4 Å². The number of methoxy groups -OCH3 is 2. The van der Waals surface area contributed by atoms with E-state index in [1.807, 2.05) is 6.92 Å². The molecule has 0 radical (unpaired) electrons. The van der Waals surface area contributed by atoms with Crippen molar-refractivity contribution in [2.45, 2.75) is 45.8 Å². The van der Waals surface area contributed by atoms with Gasteiger partial charge < -0.3 is 24.4 Å². The molecule has 2 fully saturated rings. The maximum Gasteiger partial charge on any atom is 0.409 e. The number of hydrogen-bond donors (Lipinski definition) is 1. The van der Waals surface area contributed by atoms with Crippen LogP contribution in [0.5, 0.6) is 0 Å². The van der Waals surface area contributed by atoms with Crippen LogP contribution in [-0.2, 0) is 14.2 Å². The minimum absolute atomic E-state index is 0. The zero-order chi connectivity index (χ0) is 17.2. The van der Waals surface area contributed by atoms with Crippen LogP contribution in [0.3, 0.4) is 0 Å². The van der Waals surface area contributed by atoms with Gasteiger partial charge in [0.2, 0.25) is 0 Å². The van der Waals surface area contributed by atoms with Crippen molar-refractivity contribution in [3.05, 3.63) is 0 Å². The van der Waals surface area contributed by atoms with Crippen LogP contribution in [0.15, 0.2) is 0 Å². The van der Waals surface area contributed by atoms with Gasteiger partial charge in [-0.3, -0.25) is 0 Å². The van der Waals surface area contributed by atoms with E-state index >= 15 is 0 Å². The Morgan fingerprint density at radius 1 is 1.17 bits per heavy atom. The number of likely N-dealkylation sites (tertiary alicyclic amines) is 1. The molecule has 4 unspecified atom stereocenters. The van der Waals surface area contributed by atoms with E-state index in [1.54, 1.807) is 19.1 Å². The van der Waals surface area contributed by atoms with Crippen LogP contribution in [0, 0.1) is 11.8 Å². The van der Waals surface area contributed by atoms with Crippen LogP contribution in [0.25, 0.3) is 0 Å². The summed E-state index contributed by atoms with van der Waals surface area (Å²) in [7, 11) is 3.48. The Hall–Kier alpha value is -0.850. The number of piperidine rings is 2. The van der Waals surface area contributed by atoms with Gasteiger partial charge >= 0.3 is 6.09 Å². The summed E-state index contributed by atoms with van der Waals surface area (Å²) in [4.78, 5) is 13.1. The standard InChI is InChI=1S/C10H19NO3.C7H15NO.H2/c1-4-14-10(12)11-6-5-8(2)9(7-11)13-3;1-6-3-4-8-5-7(6)9-2;/h8-9H,4-7H2,1-3H3;6-8H,3-5H2,1-2H3;1H/i;;1+1. The Morgan fingerprint density at radius 2 is 1.83 bits per heavy atom. The summed E-state index contributed by atoms with van der Waals surface area (Å²) in [5.41, 5.74) is 0. The first-order valence-electron chi connectivity index (χ1n) is 8.71. The fourth-order valence-electron chi connectivity index (χ4n) is 3.00. The van der Waals surface area contributed by atoms with Crippen molar-refractivity contribution in [2.24, 2.45) is 11.8 Å². The smallest absolute Gasteiger partial charge is 0.409 e. The summed E-state index contributed by atoms with van der Waals surface area (Å²) >= 11 is 0. The summed E-state index contributed by atoms with van der Waals surface area (Å²) in [6.45, 7) is 10.3. The second-order valence-corrected chi connectivity index (χ2v) is 6.43. The van der Waals surface area contributed by atoms with E-state index in [2.05, 4.69) is 19.2 Å². The molecule has 4 atom stereocenters. The molecule has 0 bridgehead atoms. The van der Waals surface area contributed by atoms with E-state index < -0.39 is 0 Å². The highest BCUT2D eigenvalue weighted by atomic mass is 16.6. The second-order valence-electron chi connectivity index (χ2n) is 6.43. The normalized spacial score (nSPS) is 31.1. The van der Waals surface area contributed by atoms with Gasteiger partial charge in [-0.1, -0.05) is 13.8 Å². The van der Waals surface area contributed by atoms with Crippen molar-refractivity contribution in [1.82, 2.24) is 10.2 Å². The molecule has 0 aromatic heterocycles. The molecular formula is C17H36N2O4. The first kappa shape index (κ1) is 20.2. The maximum atomic E-state index is 11.4. The average molecular weight is 333 g/mol. The zero-order valence-corrected chi connectivity index (χ0v) is 15.3. The van der Waals surface area contributed by atoms with Crippen LogP contribution in [0.1, 0.15) is 35.0 Å². The predicted octanol–water partition coefficient (Wildman–Crippen LogP) is 2.38. The Bertz CT molecular complexity index is 347. The molecule has 0 saturated carbocycles. The van der Waals surface area contributed by atoms with Gasteiger partial charge in [-0.25, -0.2) is 4.79 Å². The SMILES string of the molecule is CCOC(=O)N1CCC(C)C(OC)C1.COC1CNCCC1C.[2HH]. The average Bonchev–Trinajstić information content (AvgIpc) is 2.56. The van der Waals surface area contributed by atoms with Gasteiger partial charge in [0, 0.05) is 28.7 Å². The van der Waals surface area contributed by atoms with Crippen molar-refractivity contribution in [3.8, 4) is 0 Å². The third-order valence-corrected chi connectivity index (χ3v) is 4.78. The van der Waals surface area contributed by atoms with E-state index in [0.717, 1.165) is 32.0 Å². The number of nitrogens with zero attached hydrogens (tertiary/aromatic N) is 1. The Labute approximate surface area is 142 Å². The lowest BCUT2D eigenvalue weighted by Crippen LogP contribution is -2.46. The van der Waals surface area contributed by atoms with E-state index in [-0.39, 0.29) is 13.6 Å². The molecule has 0 aromatic rings. The van der Waals surface area contributed by atoms with Crippen molar-refractivity contribution in [1.29, 1.82) is 0 Å². The molecule has 0 spiro atoms. The number of hydrogen-bond acceptors (Lipinski definition) is 5. The second kappa shape index (κ2) is 10.8. The van der Waals surface area contributed by atoms with Crippen LogP contribution < -0.4 is 5.32 Å². The fraction of sp³-hybridized carbons (Fsp3) is 0.941. The molecule has 2 aliphatic heterocycles. The zero-order valence-electron chi connectivity index (χ0n) is 15.3. The summed E-state index contributed by atoms with van der Waals surface area (Å²) in [5.74, 6) is 1.25. The van der Waals surface area contributed by atoms with Crippen LogP contribution in [0.4, 0.5) is 4.79 Å². The number of nitrogens with one attached hydrogen (secondary N) is 1. The molecule has 23 heavy (non-hydrogen) atoms. The number of rotatable bonds is 3. The van der Waals surface area contributed by atoms with E-state index in [1.165, 1.54) is 6.42 Å². The summed E-state index contributed by atoms with van der Waals surface area (Å²) in [5, 5.41) is 3.29. The number of carbonyl (C=O) groups is 1. The van der Waals surface area contributed by atoms with Gasteiger partial charge in [-0.2, -0.15) is 0 Å². The summed E-state index contributed by atoms with van der Waals surface area (Å²) in [6.07, 6.45) is 2.60. The highest BCUT2D eigenvalue weighted by molar-refractivity contribution is 5.67. The van der Waals surface area contributed by atoms with Crippen molar-refractivity contribution in [3.63, 3.8) is 0 Å². The van der Waals surface area contributed by atoms with Crippen molar-refractivity contribution < 1.29 is 20.4 Å². The van der Waals surface area contributed by atoms with E-state index in [0.29, 0.717) is 25.2 Å². The molecule has 6 heteroatoms. The van der Waals surface area contributed by atoms with Crippen molar-refractivity contribution in [2.75, 3.05) is 47.0 Å². The Balaban J connectivity index is 0.000000460.